The van der Waals surface area contributed by atoms with Crippen LogP contribution in [0.3, 0.4) is 0 Å². The van der Waals surface area contributed by atoms with Gasteiger partial charge in [-0.2, -0.15) is 0 Å². The molecule has 3 rings (SSSR count). The highest BCUT2D eigenvalue weighted by Gasteiger charge is 2.18. The van der Waals surface area contributed by atoms with E-state index in [4.69, 9.17) is 16.3 Å². The zero-order valence-corrected chi connectivity index (χ0v) is 16.6. The first kappa shape index (κ1) is 20.4. The normalized spacial score (nSPS) is 11.4. The van der Waals surface area contributed by atoms with Crippen molar-refractivity contribution in [3.05, 3.63) is 95.0 Å². The first-order valence-corrected chi connectivity index (χ1v) is 9.54. The lowest BCUT2D eigenvalue weighted by atomic mass is 10.1. The smallest absolute Gasteiger partial charge is 0.252 e. The average Bonchev–Trinajstić information content (AvgIpc) is 2.74. The molecule has 29 heavy (non-hydrogen) atoms. The number of amides is 2. The van der Waals surface area contributed by atoms with Gasteiger partial charge in [0, 0.05) is 21.8 Å². The lowest BCUT2D eigenvalue weighted by Gasteiger charge is -2.16. The molecule has 0 heterocycles. The Balaban J connectivity index is 1.62. The number of benzene rings is 3. The number of carbonyl (C=O) groups excluding carboxylic acids is 2. The molecule has 6 heteroatoms. The van der Waals surface area contributed by atoms with E-state index in [0.29, 0.717) is 16.3 Å². The van der Waals surface area contributed by atoms with Crippen LogP contribution < -0.4 is 15.4 Å². The molecule has 0 spiro atoms. The number of hydrogen-bond acceptors (Lipinski definition) is 3. The Morgan fingerprint density at radius 1 is 0.931 bits per heavy atom. The molecule has 0 aromatic heterocycles. The summed E-state index contributed by atoms with van der Waals surface area (Å²) in [5.41, 5.74) is 1.81. The summed E-state index contributed by atoms with van der Waals surface area (Å²) in [5, 5.41) is 6.07. The average molecular weight is 409 g/mol. The number of nitrogens with one attached hydrogen (secondary N) is 2. The van der Waals surface area contributed by atoms with Gasteiger partial charge in [-0.1, -0.05) is 48.0 Å². The summed E-state index contributed by atoms with van der Waals surface area (Å²) in [4.78, 5) is 25.1. The number of anilines is 1. The van der Waals surface area contributed by atoms with Gasteiger partial charge in [-0.05, 0) is 49.4 Å². The van der Waals surface area contributed by atoms with E-state index in [1.165, 1.54) is 0 Å². The molecule has 0 fully saturated rings. The van der Waals surface area contributed by atoms with E-state index in [1.807, 2.05) is 42.5 Å². The molecular formula is C23H21ClN2O3. The lowest BCUT2D eigenvalue weighted by molar-refractivity contribution is -0.117. The molecule has 1 unspecified atom stereocenters. The molecule has 1 atom stereocenters. The number of hydrogen-bond donors (Lipinski definition) is 2. The van der Waals surface area contributed by atoms with E-state index in [2.05, 4.69) is 10.6 Å². The number of rotatable bonds is 7. The highest BCUT2D eigenvalue weighted by atomic mass is 35.5. The van der Waals surface area contributed by atoms with E-state index in [1.54, 1.807) is 43.3 Å². The fourth-order valence-electron chi connectivity index (χ4n) is 2.67. The Labute approximate surface area is 174 Å². The predicted molar refractivity (Wildman–Crippen MR) is 114 cm³/mol. The SMILES string of the molecule is CC(NC(=O)c1ccccc1COc1ccccc1)C(=O)Nc1ccc(Cl)cc1. The third-order valence-electron chi connectivity index (χ3n) is 4.25. The van der Waals surface area contributed by atoms with Gasteiger partial charge in [-0.25, -0.2) is 0 Å². The Hall–Kier alpha value is -3.31. The van der Waals surface area contributed by atoms with Gasteiger partial charge in [0.25, 0.3) is 5.91 Å². The Bertz CT molecular complexity index is 975. The van der Waals surface area contributed by atoms with Crippen molar-refractivity contribution < 1.29 is 14.3 Å². The van der Waals surface area contributed by atoms with E-state index < -0.39 is 6.04 Å². The van der Waals surface area contributed by atoms with Crippen LogP contribution in [-0.2, 0) is 11.4 Å². The Morgan fingerprint density at radius 3 is 2.31 bits per heavy atom. The van der Waals surface area contributed by atoms with Crippen molar-refractivity contribution in [2.45, 2.75) is 19.6 Å². The van der Waals surface area contributed by atoms with Crippen molar-refractivity contribution in [2.24, 2.45) is 0 Å². The van der Waals surface area contributed by atoms with Gasteiger partial charge in [-0.3, -0.25) is 9.59 Å². The molecule has 3 aromatic carbocycles. The Kier molecular flexibility index (Phi) is 6.87. The van der Waals surface area contributed by atoms with Gasteiger partial charge in [0.15, 0.2) is 0 Å². The van der Waals surface area contributed by atoms with Gasteiger partial charge in [0.05, 0.1) is 0 Å². The minimum atomic E-state index is -0.721. The molecule has 5 nitrogen and oxygen atoms in total. The second kappa shape index (κ2) is 9.75. The standard InChI is InChI=1S/C23H21ClN2O3/c1-16(22(27)26-19-13-11-18(24)12-14-19)25-23(28)21-10-6-5-7-17(21)15-29-20-8-3-2-4-9-20/h2-14,16H,15H2,1H3,(H,25,28)(H,26,27). The number of halogens is 1. The summed E-state index contributed by atoms with van der Waals surface area (Å²) in [6.45, 7) is 1.88. The number of ether oxygens (including phenoxy) is 1. The number of para-hydroxylation sites is 1. The third-order valence-corrected chi connectivity index (χ3v) is 4.50. The van der Waals surface area contributed by atoms with Crippen molar-refractivity contribution in [3.63, 3.8) is 0 Å². The summed E-state index contributed by atoms with van der Waals surface area (Å²) in [6.07, 6.45) is 0. The molecule has 0 radical (unpaired) electrons. The zero-order chi connectivity index (χ0) is 20.6. The summed E-state index contributed by atoms with van der Waals surface area (Å²) >= 11 is 5.85. The van der Waals surface area contributed by atoms with E-state index >= 15 is 0 Å². The summed E-state index contributed by atoms with van der Waals surface area (Å²) < 4.78 is 5.75. The molecule has 3 aromatic rings. The molecule has 2 amide bonds. The maximum Gasteiger partial charge on any atom is 0.252 e. The summed E-state index contributed by atoms with van der Waals surface area (Å²) in [6, 6.07) is 22.6. The van der Waals surface area contributed by atoms with Crippen molar-refractivity contribution in [1.29, 1.82) is 0 Å². The second-order valence-electron chi connectivity index (χ2n) is 6.45. The highest BCUT2D eigenvalue weighted by molar-refractivity contribution is 6.30. The lowest BCUT2D eigenvalue weighted by Crippen LogP contribution is -2.41. The van der Waals surface area contributed by atoms with Crippen LogP contribution in [0.4, 0.5) is 5.69 Å². The van der Waals surface area contributed by atoms with Crippen molar-refractivity contribution >= 4 is 29.1 Å². The molecule has 148 valence electrons. The van der Waals surface area contributed by atoms with Crippen LogP contribution in [0.2, 0.25) is 5.02 Å². The summed E-state index contributed by atoms with van der Waals surface area (Å²) in [7, 11) is 0. The monoisotopic (exact) mass is 408 g/mol. The van der Waals surface area contributed by atoms with E-state index in [0.717, 1.165) is 11.3 Å². The van der Waals surface area contributed by atoms with Crippen molar-refractivity contribution in [3.8, 4) is 5.75 Å². The van der Waals surface area contributed by atoms with Crippen LogP contribution in [0.15, 0.2) is 78.9 Å². The fraction of sp³-hybridized carbons (Fsp3) is 0.130. The molecule has 0 aliphatic rings. The first-order valence-electron chi connectivity index (χ1n) is 9.16. The van der Waals surface area contributed by atoms with Gasteiger partial charge in [0.2, 0.25) is 5.91 Å². The maximum absolute atomic E-state index is 12.7. The minimum Gasteiger partial charge on any atom is -0.489 e. The van der Waals surface area contributed by atoms with Crippen LogP contribution in [0.1, 0.15) is 22.8 Å². The van der Waals surface area contributed by atoms with Crippen LogP contribution in [0.5, 0.6) is 5.75 Å². The van der Waals surface area contributed by atoms with Gasteiger partial charge in [0.1, 0.15) is 18.4 Å². The minimum absolute atomic E-state index is 0.249. The quantitative estimate of drug-likeness (QED) is 0.596. The molecule has 0 bridgehead atoms. The Morgan fingerprint density at radius 2 is 1.59 bits per heavy atom. The molecule has 0 saturated heterocycles. The predicted octanol–water partition coefficient (Wildman–Crippen LogP) is 4.68. The van der Waals surface area contributed by atoms with E-state index in [9.17, 15) is 9.59 Å². The molecular weight excluding hydrogens is 388 g/mol. The van der Waals surface area contributed by atoms with Crippen LogP contribution in [0.25, 0.3) is 0 Å². The van der Waals surface area contributed by atoms with Crippen molar-refractivity contribution in [1.82, 2.24) is 5.32 Å². The highest BCUT2D eigenvalue weighted by Crippen LogP contribution is 2.16. The van der Waals surface area contributed by atoms with Crippen LogP contribution in [0, 0.1) is 0 Å². The largest absolute Gasteiger partial charge is 0.489 e. The fourth-order valence-corrected chi connectivity index (χ4v) is 2.80. The zero-order valence-electron chi connectivity index (χ0n) is 15.9. The third kappa shape index (κ3) is 5.83. The van der Waals surface area contributed by atoms with Crippen molar-refractivity contribution in [2.75, 3.05) is 5.32 Å². The number of carbonyl (C=O) groups is 2. The van der Waals surface area contributed by atoms with Crippen LogP contribution >= 0.6 is 11.6 Å². The topological polar surface area (TPSA) is 67.4 Å². The molecule has 2 N–H and O–H groups in total. The summed E-state index contributed by atoms with van der Waals surface area (Å²) in [5.74, 6) is 0.0631. The second-order valence-corrected chi connectivity index (χ2v) is 6.89. The maximum atomic E-state index is 12.7. The molecule has 0 saturated carbocycles. The van der Waals surface area contributed by atoms with Gasteiger partial charge >= 0.3 is 0 Å². The molecule has 0 aliphatic carbocycles. The van der Waals surface area contributed by atoms with Gasteiger partial charge < -0.3 is 15.4 Å². The van der Waals surface area contributed by atoms with Crippen LogP contribution in [-0.4, -0.2) is 17.9 Å². The first-order chi connectivity index (χ1) is 14.0. The molecule has 0 aliphatic heterocycles. The van der Waals surface area contributed by atoms with Gasteiger partial charge in [-0.15, -0.1) is 0 Å². The van der Waals surface area contributed by atoms with E-state index in [-0.39, 0.29) is 18.4 Å².